The summed E-state index contributed by atoms with van der Waals surface area (Å²) in [5.41, 5.74) is 3.13. The first-order chi connectivity index (χ1) is 8.75. The highest BCUT2D eigenvalue weighted by Gasteiger charge is 1.98. The van der Waals surface area contributed by atoms with Crippen LogP contribution in [-0.4, -0.2) is 17.0 Å². The molecule has 0 saturated heterocycles. The summed E-state index contributed by atoms with van der Waals surface area (Å²) in [6.45, 7) is 2.72. The predicted molar refractivity (Wildman–Crippen MR) is 71.4 cm³/mol. The average molecular weight is 240 g/mol. The van der Waals surface area contributed by atoms with Crippen molar-refractivity contribution in [1.29, 1.82) is 0 Å². The molecule has 0 N–H and O–H groups in total. The Morgan fingerprint density at radius 3 is 2.72 bits per heavy atom. The highest BCUT2D eigenvalue weighted by Crippen LogP contribution is 2.17. The van der Waals surface area contributed by atoms with E-state index < -0.39 is 0 Å². The molecular weight excluding hydrogens is 224 g/mol. The lowest BCUT2D eigenvalue weighted by Crippen LogP contribution is -2.09. The van der Waals surface area contributed by atoms with Gasteiger partial charge in [-0.2, -0.15) is 0 Å². The second-order valence-corrected chi connectivity index (χ2v) is 4.15. The molecule has 1 aromatic heterocycles. The van der Waals surface area contributed by atoms with E-state index >= 15 is 0 Å². The lowest BCUT2D eigenvalue weighted by Gasteiger charge is -2.10. The van der Waals surface area contributed by atoms with Crippen LogP contribution in [0.2, 0.25) is 0 Å². The highest BCUT2D eigenvalue weighted by molar-refractivity contribution is 5.43. The zero-order chi connectivity index (χ0) is 12.8. The first-order valence-electron chi connectivity index (χ1n) is 5.83. The van der Waals surface area contributed by atoms with Gasteiger partial charge in [0.05, 0.1) is 12.2 Å². The molecule has 0 unspecified atom stereocenters. The van der Waals surface area contributed by atoms with Gasteiger partial charge in [-0.3, -0.25) is 9.99 Å². The van der Waals surface area contributed by atoms with E-state index in [2.05, 4.69) is 15.3 Å². The lowest BCUT2D eigenvalue weighted by atomic mass is 10.2. The van der Waals surface area contributed by atoms with Crippen molar-refractivity contribution in [3.05, 3.63) is 59.9 Å². The van der Waals surface area contributed by atoms with Gasteiger partial charge in [0.25, 0.3) is 0 Å². The molecular formula is C14H16N4. The van der Waals surface area contributed by atoms with Gasteiger partial charge in [-0.1, -0.05) is 29.5 Å². The van der Waals surface area contributed by atoms with Crippen LogP contribution in [-0.2, 0) is 6.54 Å². The van der Waals surface area contributed by atoms with Gasteiger partial charge >= 0.3 is 0 Å². The Bertz CT molecular complexity index is 522. The Morgan fingerprint density at radius 1 is 1.17 bits per heavy atom. The number of nitrogens with zero attached hydrogens (tertiary/aromatic N) is 4. The number of benzene rings is 1. The largest absolute Gasteiger partial charge is 0.277 e. The van der Waals surface area contributed by atoms with Crippen molar-refractivity contribution in [1.82, 2.24) is 9.99 Å². The smallest absolute Gasteiger partial charge is 0.0903 e. The Balaban J connectivity index is 1.99. The summed E-state index contributed by atoms with van der Waals surface area (Å²) in [6.07, 6.45) is 3.60. The van der Waals surface area contributed by atoms with Crippen LogP contribution in [0.1, 0.15) is 11.1 Å². The van der Waals surface area contributed by atoms with Gasteiger partial charge in [-0.15, -0.1) is 5.11 Å². The SMILES string of the molecule is Cc1ccccc1N=NN(C)Cc1cccnc1. The fourth-order valence-electron chi connectivity index (χ4n) is 1.59. The molecule has 0 aliphatic rings. The van der Waals surface area contributed by atoms with Crippen molar-refractivity contribution < 1.29 is 0 Å². The molecule has 0 bridgehead atoms. The molecule has 0 aliphatic carbocycles. The summed E-state index contributed by atoms with van der Waals surface area (Å²) in [5, 5.41) is 10.2. The zero-order valence-corrected chi connectivity index (χ0v) is 10.6. The standard InChI is InChI=1S/C14H16N4/c1-12-6-3-4-8-14(12)16-17-18(2)11-13-7-5-9-15-10-13/h3-10H,11H2,1-2H3. The number of pyridine rings is 1. The molecule has 0 spiro atoms. The molecule has 4 heteroatoms. The minimum absolute atomic E-state index is 0.698. The molecule has 1 aromatic carbocycles. The normalized spacial score (nSPS) is 10.8. The Hall–Kier alpha value is -2.23. The Morgan fingerprint density at radius 2 is 2.00 bits per heavy atom. The maximum Gasteiger partial charge on any atom is 0.0903 e. The fourth-order valence-corrected chi connectivity index (χ4v) is 1.59. The predicted octanol–water partition coefficient (Wildman–Crippen LogP) is 3.52. The molecule has 0 radical (unpaired) electrons. The third-order valence-corrected chi connectivity index (χ3v) is 2.55. The van der Waals surface area contributed by atoms with E-state index in [9.17, 15) is 0 Å². The van der Waals surface area contributed by atoms with Crippen molar-refractivity contribution in [2.24, 2.45) is 10.3 Å². The molecule has 18 heavy (non-hydrogen) atoms. The molecule has 0 aliphatic heterocycles. The summed E-state index contributed by atoms with van der Waals surface area (Å²) in [4.78, 5) is 4.07. The van der Waals surface area contributed by atoms with Crippen LogP contribution in [0.25, 0.3) is 0 Å². The van der Waals surface area contributed by atoms with E-state index in [0.29, 0.717) is 6.54 Å². The van der Waals surface area contributed by atoms with Crippen molar-refractivity contribution >= 4 is 5.69 Å². The summed E-state index contributed by atoms with van der Waals surface area (Å²) >= 11 is 0. The number of aromatic nitrogens is 1. The maximum absolute atomic E-state index is 4.23. The second-order valence-electron chi connectivity index (χ2n) is 4.15. The van der Waals surface area contributed by atoms with E-state index in [1.165, 1.54) is 0 Å². The van der Waals surface area contributed by atoms with Crippen LogP contribution in [0, 0.1) is 6.92 Å². The van der Waals surface area contributed by atoms with Crippen molar-refractivity contribution in [2.75, 3.05) is 7.05 Å². The molecule has 0 fully saturated rings. The van der Waals surface area contributed by atoms with Gasteiger partial charge in [0.15, 0.2) is 0 Å². The number of rotatable bonds is 4. The number of aryl methyl sites for hydroxylation is 1. The summed E-state index contributed by atoms with van der Waals surface area (Å²) < 4.78 is 0. The number of hydrogen-bond donors (Lipinski definition) is 0. The number of hydrogen-bond acceptors (Lipinski definition) is 3. The quantitative estimate of drug-likeness (QED) is 0.606. The summed E-state index contributed by atoms with van der Waals surface area (Å²) in [7, 11) is 1.90. The maximum atomic E-state index is 4.23. The van der Waals surface area contributed by atoms with Crippen LogP contribution in [0.5, 0.6) is 0 Å². The first-order valence-corrected chi connectivity index (χ1v) is 5.83. The molecule has 2 rings (SSSR count). The van der Waals surface area contributed by atoms with Crippen LogP contribution in [0.15, 0.2) is 59.1 Å². The van der Waals surface area contributed by atoms with Crippen molar-refractivity contribution in [2.45, 2.75) is 13.5 Å². The van der Waals surface area contributed by atoms with E-state index in [1.807, 2.05) is 56.6 Å². The fraction of sp³-hybridized carbons (Fsp3) is 0.214. The van der Waals surface area contributed by atoms with Crippen LogP contribution in [0.3, 0.4) is 0 Å². The molecule has 0 atom stereocenters. The second kappa shape index (κ2) is 5.91. The minimum Gasteiger partial charge on any atom is -0.277 e. The Kier molecular flexibility index (Phi) is 4.02. The van der Waals surface area contributed by atoms with E-state index in [4.69, 9.17) is 0 Å². The van der Waals surface area contributed by atoms with E-state index in [-0.39, 0.29) is 0 Å². The summed E-state index contributed by atoms with van der Waals surface area (Å²) in [5.74, 6) is 0. The third-order valence-electron chi connectivity index (χ3n) is 2.55. The van der Waals surface area contributed by atoms with Crippen LogP contribution < -0.4 is 0 Å². The van der Waals surface area contributed by atoms with Crippen LogP contribution in [0.4, 0.5) is 5.69 Å². The van der Waals surface area contributed by atoms with Gasteiger partial charge in [0, 0.05) is 19.4 Å². The molecule has 2 aromatic rings. The van der Waals surface area contributed by atoms with Crippen molar-refractivity contribution in [3.8, 4) is 0 Å². The zero-order valence-electron chi connectivity index (χ0n) is 10.6. The van der Waals surface area contributed by atoms with Gasteiger partial charge in [0.2, 0.25) is 0 Å². The van der Waals surface area contributed by atoms with E-state index in [0.717, 1.165) is 16.8 Å². The Labute approximate surface area is 107 Å². The third kappa shape index (κ3) is 3.38. The molecule has 4 nitrogen and oxygen atoms in total. The van der Waals surface area contributed by atoms with Crippen molar-refractivity contribution in [3.63, 3.8) is 0 Å². The lowest BCUT2D eigenvalue weighted by molar-refractivity contribution is 0.324. The highest BCUT2D eigenvalue weighted by atomic mass is 15.5. The summed E-state index contributed by atoms with van der Waals surface area (Å²) in [6, 6.07) is 11.9. The van der Waals surface area contributed by atoms with Gasteiger partial charge in [0.1, 0.15) is 0 Å². The molecule has 1 heterocycles. The topological polar surface area (TPSA) is 40.9 Å². The van der Waals surface area contributed by atoms with Gasteiger partial charge in [-0.05, 0) is 30.2 Å². The first kappa shape index (κ1) is 12.2. The minimum atomic E-state index is 0.698. The molecule has 92 valence electrons. The molecule has 0 amide bonds. The van der Waals surface area contributed by atoms with Crippen LogP contribution >= 0.6 is 0 Å². The van der Waals surface area contributed by atoms with Gasteiger partial charge in [-0.25, -0.2) is 0 Å². The monoisotopic (exact) mass is 240 g/mol. The average Bonchev–Trinajstić information content (AvgIpc) is 2.39. The molecule has 0 saturated carbocycles. The van der Waals surface area contributed by atoms with E-state index in [1.54, 1.807) is 11.2 Å². The van der Waals surface area contributed by atoms with Gasteiger partial charge < -0.3 is 0 Å².